The molecule has 1 saturated heterocycles. The van der Waals surface area contributed by atoms with Gasteiger partial charge in [0.1, 0.15) is 11.6 Å². The number of aryl methyl sites for hydroxylation is 1. The van der Waals surface area contributed by atoms with Crippen molar-refractivity contribution in [2.45, 2.75) is 45.1 Å². The summed E-state index contributed by atoms with van der Waals surface area (Å²) in [5.74, 6) is 2.08. The van der Waals surface area contributed by atoms with Crippen molar-refractivity contribution in [3.8, 4) is 0 Å². The number of nitrogens with zero attached hydrogens (tertiary/aromatic N) is 2. The van der Waals surface area contributed by atoms with Gasteiger partial charge in [-0.1, -0.05) is 13.8 Å². The molecule has 1 aromatic heterocycles. The van der Waals surface area contributed by atoms with E-state index in [1.54, 1.807) is 0 Å². The maximum atomic E-state index is 5.96. The molecule has 5 heteroatoms. The Bertz CT molecular complexity index is 427. The molecule has 0 atom stereocenters. The molecule has 106 valence electrons. The third-order valence-electron chi connectivity index (χ3n) is 3.62. The fourth-order valence-electron chi connectivity index (χ4n) is 2.33. The third-order valence-corrected chi connectivity index (χ3v) is 3.62. The molecule has 0 aromatic carbocycles. The second kappa shape index (κ2) is 5.84. The molecule has 0 spiro atoms. The Kier molecular flexibility index (Phi) is 4.37. The van der Waals surface area contributed by atoms with Crippen molar-refractivity contribution >= 4 is 5.82 Å². The number of hydrogen-bond donors (Lipinski definition) is 2. The van der Waals surface area contributed by atoms with Gasteiger partial charge in [-0.25, -0.2) is 9.97 Å². The molecule has 1 aliphatic rings. The maximum absolute atomic E-state index is 5.96. The molecule has 0 aliphatic carbocycles. The van der Waals surface area contributed by atoms with Gasteiger partial charge < -0.3 is 15.8 Å². The van der Waals surface area contributed by atoms with Crippen LogP contribution in [0.3, 0.4) is 0 Å². The van der Waals surface area contributed by atoms with Crippen molar-refractivity contribution in [2.75, 3.05) is 25.1 Å². The molecule has 2 heterocycles. The highest BCUT2D eigenvalue weighted by Gasteiger charge is 2.31. The lowest BCUT2D eigenvalue weighted by molar-refractivity contribution is 0.0627. The topological polar surface area (TPSA) is 73.1 Å². The summed E-state index contributed by atoms with van der Waals surface area (Å²) in [7, 11) is 0. The fraction of sp³-hybridized carbons (Fsp3) is 0.714. The number of rotatable bonds is 4. The quantitative estimate of drug-likeness (QED) is 0.868. The molecule has 3 N–H and O–H groups in total. The van der Waals surface area contributed by atoms with Crippen molar-refractivity contribution in [1.82, 2.24) is 9.97 Å². The smallest absolute Gasteiger partial charge is 0.133 e. The molecule has 1 aromatic rings. The van der Waals surface area contributed by atoms with Crippen molar-refractivity contribution in [2.24, 2.45) is 5.73 Å². The number of anilines is 1. The number of hydrogen-bond acceptors (Lipinski definition) is 5. The van der Waals surface area contributed by atoms with E-state index in [1.807, 2.05) is 13.0 Å². The van der Waals surface area contributed by atoms with Gasteiger partial charge >= 0.3 is 0 Å². The summed E-state index contributed by atoms with van der Waals surface area (Å²) in [6.45, 7) is 8.31. The first kappa shape index (κ1) is 14.2. The summed E-state index contributed by atoms with van der Waals surface area (Å²) < 4.78 is 5.42. The summed E-state index contributed by atoms with van der Waals surface area (Å²) in [4.78, 5) is 9.07. The number of ether oxygens (including phenoxy) is 1. The van der Waals surface area contributed by atoms with Gasteiger partial charge in [-0.2, -0.15) is 0 Å². The van der Waals surface area contributed by atoms with E-state index in [4.69, 9.17) is 10.5 Å². The SMILES string of the molecule is Cc1cc(NC2(CN)CCOCC2)nc(C(C)C)n1. The Hall–Kier alpha value is -1.20. The average molecular weight is 264 g/mol. The van der Waals surface area contributed by atoms with Crippen molar-refractivity contribution < 1.29 is 4.74 Å². The predicted octanol–water partition coefficient (Wildman–Crippen LogP) is 1.83. The molecule has 19 heavy (non-hydrogen) atoms. The molecule has 1 aliphatic heterocycles. The van der Waals surface area contributed by atoms with Crippen LogP contribution in [0.4, 0.5) is 5.82 Å². The van der Waals surface area contributed by atoms with E-state index in [2.05, 4.69) is 29.1 Å². The normalized spacial score (nSPS) is 18.6. The van der Waals surface area contributed by atoms with Gasteiger partial charge in [0.2, 0.25) is 0 Å². The summed E-state index contributed by atoms with van der Waals surface area (Å²) in [6.07, 6.45) is 1.84. The predicted molar refractivity (Wildman–Crippen MR) is 76.3 cm³/mol. The van der Waals surface area contributed by atoms with Gasteiger partial charge in [0.25, 0.3) is 0 Å². The Morgan fingerprint density at radius 1 is 1.37 bits per heavy atom. The van der Waals surface area contributed by atoms with Gasteiger partial charge in [-0.3, -0.25) is 0 Å². The minimum absolute atomic E-state index is 0.0900. The number of aromatic nitrogens is 2. The molecule has 0 saturated carbocycles. The van der Waals surface area contributed by atoms with Gasteiger partial charge in [0.05, 0.1) is 5.54 Å². The van der Waals surface area contributed by atoms with E-state index < -0.39 is 0 Å². The minimum Gasteiger partial charge on any atom is -0.381 e. The molecular formula is C14H24N4O. The first-order valence-electron chi connectivity index (χ1n) is 6.96. The largest absolute Gasteiger partial charge is 0.381 e. The van der Waals surface area contributed by atoms with E-state index in [1.165, 1.54) is 0 Å². The molecule has 0 radical (unpaired) electrons. The van der Waals surface area contributed by atoms with Crippen LogP contribution >= 0.6 is 0 Å². The molecule has 5 nitrogen and oxygen atoms in total. The first-order chi connectivity index (χ1) is 9.04. The summed E-state index contributed by atoms with van der Waals surface area (Å²) in [6, 6.07) is 1.98. The van der Waals surface area contributed by atoms with Gasteiger partial charge in [0.15, 0.2) is 0 Å². The second-order valence-corrected chi connectivity index (χ2v) is 5.63. The van der Waals surface area contributed by atoms with Crippen molar-refractivity contribution in [1.29, 1.82) is 0 Å². The Labute approximate surface area is 115 Å². The van der Waals surface area contributed by atoms with Crippen LogP contribution in [0.15, 0.2) is 6.07 Å². The third kappa shape index (κ3) is 3.42. The monoisotopic (exact) mass is 264 g/mol. The highest BCUT2D eigenvalue weighted by Crippen LogP contribution is 2.25. The van der Waals surface area contributed by atoms with Gasteiger partial charge in [0, 0.05) is 37.4 Å². The van der Waals surface area contributed by atoms with E-state index in [9.17, 15) is 0 Å². The zero-order valence-corrected chi connectivity index (χ0v) is 12.1. The van der Waals surface area contributed by atoms with Crippen LogP contribution in [0.25, 0.3) is 0 Å². The van der Waals surface area contributed by atoms with Crippen LogP contribution in [0, 0.1) is 6.92 Å². The lowest BCUT2D eigenvalue weighted by Crippen LogP contribution is -2.49. The lowest BCUT2D eigenvalue weighted by Gasteiger charge is -2.37. The second-order valence-electron chi connectivity index (χ2n) is 5.63. The molecule has 0 amide bonds. The van der Waals surface area contributed by atoms with Gasteiger partial charge in [-0.05, 0) is 19.8 Å². The summed E-state index contributed by atoms with van der Waals surface area (Å²) in [5, 5.41) is 3.52. The van der Waals surface area contributed by atoms with E-state index in [-0.39, 0.29) is 5.54 Å². The average Bonchev–Trinajstić information content (AvgIpc) is 2.39. The highest BCUT2D eigenvalue weighted by atomic mass is 16.5. The standard InChI is InChI=1S/C14H24N4O/c1-10(2)13-16-11(3)8-12(17-13)18-14(9-15)4-6-19-7-5-14/h8,10H,4-7,9,15H2,1-3H3,(H,16,17,18). The van der Waals surface area contributed by atoms with Crippen LogP contribution in [0.1, 0.15) is 44.1 Å². The number of nitrogens with one attached hydrogen (secondary N) is 1. The van der Waals surface area contributed by atoms with E-state index in [0.29, 0.717) is 12.5 Å². The Morgan fingerprint density at radius 2 is 2.05 bits per heavy atom. The molecule has 2 rings (SSSR count). The first-order valence-corrected chi connectivity index (χ1v) is 6.96. The summed E-state index contributed by atoms with van der Waals surface area (Å²) >= 11 is 0. The lowest BCUT2D eigenvalue weighted by atomic mass is 9.90. The fourth-order valence-corrected chi connectivity index (χ4v) is 2.33. The van der Waals surface area contributed by atoms with Crippen LogP contribution < -0.4 is 11.1 Å². The molecule has 0 unspecified atom stereocenters. The molecule has 1 fully saturated rings. The van der Waals surface area contributed by atoms with E-state index >= 15 is 0 Å². The molecular weight excluding hydrogens is 240 g/mol. The summed E-state index contributed by atoms with van der Waals surface area (Å²) in [5.41, 5.74) is 6.86. The van der Waals surface area contributed by atoms with Gasteiger partial charge in [-0.15, -0.1) is 0 Å². The Morgan fingerprint density at radius 3 is 2.63 bits per heavy atom. The van der Waals surface area contributed by atoms with Crippen LogP contribution in [-0.2, 0) is 4.74 Å². The zero-order chi connectivity index (χ0) is 13.9. The van der Waals surface area contributed by atoms with Crippen molar-refractivity contribution in [3.05, 3.63) is 17.6 Å². The minimum atomic E-state index is -0.0900. The van der Waals surface area contributed by atoms with Crippen LogP contribution in [0.2, 0.25) is 0 Å². The zero-order valence-electron chi connectivity index (χ0n) is 12.1. The molecule has 0 bridgehead atoms. The number of nitrogens with two attached hydrogens (primary N) is 1. The van der Waals surface area contributed by atoms with Crippen LogP contribution in [-0.4, -0.2) is 35.3 Å². The van der Waals surface area contributed by atoms with Crippen molar-refractivity contribution in [3.63, 3.8) is 0 Å². The Balaban J connectivity index is 2.21. The maximum Gasteiger partial charge on any atom is 0.133 e. The van der Waals surface area contributed by atoms with E-state index in [0.717, 1.165) is 43.4 Å². The highest BCUT2D eigenvalue weighted by molar-refractivity contribution is 5.40. The van der Waals surface area contributed by atoms with Crippen LogP contribution in [0.5, 0.6) is 0 Å².